The molecule has 0 fully saturated rings. The number of pyridine rings is 1. The highest BCUT2D eigenvalue weighted by Crippen LogP contribution is 2.30. The van der Waals surface area contributed by atoms with Crippen molar-refractivity contribution in [3.8, 4) is 11.1 Å². The number of hydrogen-bond acceptors (Lipinski definition) is 3. The van der Waals surface area contributed by atoms with E-state index in [4.69, 9.17) is 11.6 Å². The Kier molecular flexibility index (Phi) is 2.80. The number of hydrogen-bond donors (Lipinski definition) is 0. The van der Waals surface area contributed by atoms with Crippen LogP contribution in [0.2, 0.25) is 5.02 Å². The van der Waals surface area contributed by atoms with Crippen molar-refractivity contribution in [2.24, 2.45) is 0 Å². The first-order valence-corrected chi connectivity index (χ1v) is 6.77. The van der Waals surface area contributed by atoms with Gasteiger partial charge >= 0.3 is 0 Å². The molecule has 22 heavy (non-hydrogen) atoms. The topological polar surface area (TPSA) is 43.1 Å². The highest BCUT2D eigenvalue weighted by atomic mass is 35.5. The molecule has 0 radical (unpaired) electrons. The minimum absolute atomic E-state index is 0.445. The number of rotatable bonds is 1. The van der Waals surface area contributed by atoms with Crippen LogP contribution >= 0.6 is 11.6 Å². The molecule has 2 heterocycles. The van der Waals surface area contributed by atoms with Crippen LogP contribution in [0.5, 0.6) is 0 Å². The van der Waals surface area contributed by atoms with Crippen molar-refractivity contribution >= 4 is 28.2 Å². The monoisotopic (exact) mass is 316 g/mol. The molecular weight excluding hydrogens is 310 g/mol. The molecule has 4 rings (SSSR count). The van der Waals surface area contributed by atoms with Gasteiger partial charge in [0.15, 0.2) is 17.3 Å². The van der Waals surface area contributed by atoms with Crippen LogP contribution in [0.3, 0.4) is 0 Å². The molecule has 0 spiro atoms. The second-order valence-electron chi connectivity index (χ2n) is 4.80. The minimum atomic E-state index is -0.917. The molecule has 0 N–H and O–H groups in total. The van der Waals surface area contributed by atoms with Crippen LogP contribution in [0, 0.1) is 11.6 Å². The van der Waals surface area contributed by atoms with Gasteiger partial charge in [0.1, 0.15) is 0 Å². The molecule has 0 aliphatic carbocycles. The Balaban J connectivity index is 2.09. The van der Waals surface area contributed by atoms with E-state index in [0.29, 0.717) is 21.8 Å². The molecule has 0 bridgehead atoms. The number of tetrazole rings is 1. The van der Waals surface area contributed by atoms with Crippen LogP contribution in [-0.2, 0) is 0 Å². The van der Waals surface area contributed by atoms with E-state index in [1.165, 1.54) is 10.6 Å². The smallest absolute Gasteiger partial charge is 0.187 e. The number of nitrogens with zero attached hydrogens (tertiary/aromatic N) is 4. The van der Waals surface area contributed by atoms with Gasteiger partial charge in [-0.05, 0) is 46.3 Å². The quantitative estimate of drug-likeness (QED) is 0.535. The first kappa shape index (κ1) is 13.1. The molecule has 4 aromatic rings. The van der Waals surface area contributed by atoms with Gasteiger partial charge in [0.2, 0.25) is 0 Å². The second kappa shape index (κ2) is 4.71. The number of benzene rings is 2. The van der Waals surface area contributed by atoms with E-state index in [-0.39, 0.29) is 0 Å². The number of halogens is 3. The van der Waals surface area contributed by atoms with Crippen LogP contribution in [-0.4, -0.2) is 20.0 Å². The Morgan fingerprint density at radius 3 is 2.64 bits per heavy atom. The van der Waals surface area contributed by atoms with Crippen LogP contribution in [0.15, 0.2) is 42.5 Å². The molecule has 0 amide bonds. The lowest BCUT2D eigenvalue weighted by atomic mass is 10.0. The van der Waals surface area contributed by atoms with Crippen molar-refractivity contribution in [3.63, 3.8) is 0 Å². The molecule has 7 heteroatoms. The fourth-order valence-corrected chi connectivity index (χ4v) is 2.60. The summed E-state index contributed by atoms with van der Waals surface area (Å²) in [5.41, 5.74) is 2.29. The fraction of sp³-hybridized carbons (Fsp3) is 0. The normalized spacial score (nSPS) is 11.4. The molecule has 0 aliphatic rings. The average Bonchev–Trinajstić information content (AvgIpc) is 2.99. The molecular formula is C15H7ClF2N4. The van der Waals surface area contributed by atoms with Crippen molar-refractivity contribution in [3.05, 3.63) is 59.1 Å². The predicted octanol–water partition coefficient (Wildman–Crippen LogP) is 3.88. The lowest BCUT2D eigenvalue weighted by Gasteiger charge is -2.07. The second-order valence-corrected chi connectivity index (χ2v) is 5.24. The summed E-state index contributed by atoms with van der Waals surface area (Å²) in [5.74, 6) is -1.81. The van der Waals surface area contributed by atoms with E-state index in [1.807, 2.05) is 12.1 Å². The third-order valence-corrected chi connectivity index (χ3v) is 3.70. The molecule has 108 valence electrons. The largest absolute Gasteiger partial charge is 0.204 e. The lowest BCUT2D eigenvalue weighted by Crippen LogP contribution is -1.95. The zero-order valence-corrected chi connectivity index (χ0v) is 11.7. The van der Waals surface area contributed by atoms with Crippen LogP contribution in [0.25, 0.3) is 27.7 Å². The number of aromatic nitrogens is 4. The summed E-state index contributed by atoms with van der Waals surface area (Å²) >= 11 is 6.01. The fourth-order valence-electron chi connectivity index (χ4n) is 2.44. The van der Waals surface area contributed by atoms with Crippen LogP contribution in [0.1, 0.15) is 0 Å². The van der Waals surface area contributed by atoms with Gasteiger partial charge in [-0.1, -0.05) is 23.7 Å². The molecule has 4 nitrogen and oxygen atoms in total. The summed E-state index contributed by atoms with van der Waals surface area (Å²) < 4.78 is 28.2. The summed E-state index contributed by atoms with van der Waals surface area (Å²) in [7, 11) is 0. The van der Waals surface area contributed by atoms with E-state index in [9.17, 15) is 8.78 Å². The van der Waals surface area contributed by atoms with Gasteiger partial charge < -0.3 is 0 Å². The lowest BCUT2D eigenvalue weighted by molar-refractivity contribution is 0.509. The minimum Gasteiger partial charge on any atom is -0.204 e. The Morgan fingerprint density at radius 1 is 0.955 bits per heavy atom. The third-order valence-electron chi connectivity index (χ3n) is 3.46. The van der Waals surface area contributed by atoms with E-state index in [2.05, 4.69) is 15.5 Å². The summed E-state index contributed by atoms with van der Waals surface area (Å²) in [6, 6.07) is 10.8. The number of fused-ring (bicyclic) bond motifs is 3. The van der Waals surface area contributed by atoms with E-state index in [1.54, 1.807) is 12.1 Å². The summed E-state index contributed by atoms with van der Waals surface area (Å²) in [4.78, 5) is 0. The summed E-state index contributed by atoms with van der Waals surface area (Å²) in [5, 5.41) is 13.0. The van der Waals surface area contributed by atoms with Gasteiger partial charge in [-0.15, -0.1) is 5.10 Å². The Morgan fingerprint density at radius 2 is 1.82 bits per heavy atom. The van der Waals surface area contributed by atoms with E-state index < -0.39 is 11.6 Å². The molecule has 0 aliphatic heterocycles. The molecule has 0 saturated heterocycles. The molecule has 0 atom stereocenters. The molecule has 2 aromatic carbocycles. The molecule has 0 saturated carbocycles. The van der Waals surface area contributed by atoms with Gasteiger partial charge in [0.05, 0.1) is 5.52 Å². The summed E-state index contributed by atoms with van der Waals surface area (Å²) in [6.07, 6.45) is 0. The van der Waals surface area contributed by atoms with Gasteiger partial charge in [0, 0.05) is 16.0 Å². The first-order valence-electron chi connectivity index (χ1n) is 6.39. The van der Waals surface area contributed by atoms with Gasteiger partial charge in [-0.25, -0.2) is 8.78 Å². The van der Waals surface area contributed by atoms with Crippen molar-refractivity contribution in [2.45, 2.75) is 0 Å². The Bertz CT molecular complexity index is 1030. The standard InChI is InChI=1S/C15H7ClF2N4/c16-10-3-1-9-5-11(8-2-4-12(17)13(18)6-8)15-19-20-21-22(15)14(9)7-10/h1-7H. The predicted molar refractivity (Wildman–Crippen MR) is 78.7 cm³/mol. The van der Waals surface area contributed by atoms with Gasteiger partial charge in [-0.3, -0.25) is 0 Å². The Hall–Kier alpha value is -2.60. The third kappa shape index (κ3) is 1.92. The van der Waals surface area contributed by atoms with E-state index >= 15 is 0 Å². The SMILES string of the molecule is Fc1ccc(-c2cc3ccc(Cl)cc3n3nnnc23)cc1F. The maximum atomic E-state index is 13.5. The maximum absolute atomic E-state index is 13.5. The van der Waals surface area contributed by atoms with Crippen molar-refractivity contribution in [1.29, 1.82) is 0 Å². The zero-order chi connectivity index (χ0) is 15.3. The van der Waals surface area contributed by atoms with Crippen molar-refractivity contribution in [2.75, 3.05) is 0 Å². The van der Waals surface area contributed by atoms with Crippen molar-refractivity contribution in [1.82, 2.24) is 20.0 Å². The zero-order valence-electron chi connectivity index (χ0n) is 11.0. The van der Waals surface area contributed by atoms with Crippen LogP contribution in [0.4, 0.5) is 8.78 Å². The van der Waals surface area contributed by atoms with Gasteiger partial charge in [0.25, 0.3) is 0 Å². The van der Waals surface area contributed by atoms with Gasteiger partial charge in [-0.2, -0.15) is 4.52 Å². The first-order chi connectivity index (χ1) is 10.6. The summed E-state index contributed by atoms with van der Waals surface area (Å²) in [6.45, 7) is 0. The van der Waals surface area contributed by atoms with Crippen molar-refractivity contribution < 1.29 is 8.78 Å². The van der Waals surface area contributed by atoms with Crippen LogP contribution < -0.4 is 0 Å². The highest BCUT2D eigenvalue weighted by molar-refractivity contribution is 6.31. The molecule has 0 unspecified atom stereocenters. The average molecular weight is 317 g/mol. The highest BCUT2D eigenvalue weighted by Gasteiger charge is 2.13. The maximum Gasteiger partial charge on any atom is 0.187 e. The Labute approximate surface area is 127 Å². The molecule has 2 aromatic heterocycles. The van der Waals surface area contributed by atoms with E-state index in [0.717, 1.165) is 23.0 Å².